The largest absolute Gasteiger partial charge is 0.475 e. The molecular formula is C25H33N3O. The van der Waals surface area contributed by atoms with Crippen LogP contribution >= 0.6 is 0 Å². The SMILES string of the molecule is CCN(c1ccccc1C1=NC(C)(C)CO1)C1CCN(Cc2ccccc2)CC1. The van der Waals surface area contributed by atoms with Gasteiger partial charge in [0.2, 0.25) is 5.90 Å². The molecule has 29 heavy (non-hydrogen) atoms. The number of benzene rings is 2. The lowest BCUT2D eigenvalue weighted by molar-refractivity contribution is 0.202. The molecule has 4 rings (SSSR count). The first kappa shape index (κ1) is 20.0. The topological polar surface area (TPSA) is 28.1 Å². The average molecular weight is 392 g/mol. The minimum atomic E-state index is -0.137. The highest BCUT2D eigenvalue weighted by Gasteiger charge is 2.31. The second kappa shape index (κ2) is 8.58. The van der Waals surface area contributed by atoms with Crippen LogP contribution in [-0.4, -0.2) is 48.6 Å². The molecule has 2 aromatic carbocycles. The number of para-hydroxylation sites is 1. The van der Waals surface area contributed by atoms with Gasteiger partial charge < -0.3 is 9.64 Å². The summed E-state index contributed by atoms with van der Waals surface area (Å²) in [7, 11) is 0. The molecule has 2 aromatic rings. The van der Waals surface area contributed by atoms with Crippen molar-refractivity contribution >= 4 is 11.6 Å². The lowest BCUT2D eigenvalue weighted by atomic mass is 10.00. The Morgan fingerprint density at radius 3 is 2.38 bits per heavy atom. The van der Waals surface area contributed by atoms with Crippen molar-refractivity contribution in [1.82, 2.24) is 4.90 Å². The predicted octanol–water partition coefficient (Wildman–Crippen LogP) is 4.73. The summed E-state index contributed by atoms with van der Waals surface area (Å²) in [4.78, 5) is 9.98. The molecule has 2 aliphatic rings. The Morgan fingerprint density at radius 1 is 1.03 bits per heavy atom. The molecule has 0 aromatic heterocycles. The summed E-state index contributed by atoms with van der Waals surface area (Å²) < 4.78 is 5.98. The molecule has 0 saturated carbocycles. The summed E-state index contributed by atoms with van der Waals surface area (Å²) in [6.45, 7) is 11.5. The zero-order valence-electron chi connectivity index (χ0n) is 18.0. The summed E-state index contributed by atoms with van der Waals surface area (Å²) in [6.07, 6.45) is 2.38. The van der Waals surface area contributed by atoms with Gasteiger partial charge in [0.1, 0.15) is 6.61 Å². The van der Waals surface area contributed by atoms with E-state index in [9.17, 15) is 0 Å². The molecule has 0 atom stereocenters. The number of hydrogen-bond acceptors (Lipinski definition) is 4. The highest BCUT2D eigenvalue weighted by Crippen LogP contribution is 2.30. The van der Waals surface area contributed by atoms with Gasteiger partial charge in [-0.05, 0) is 51.3 Å². The Hall–Kier alpha value is -2.33. The maximum absolute atomic E-state index is 5.98. The number of hydrogen-bond donors (Lipinski definition) is 0. The molecule has 0 radical (unpaired) electrons. The molecule has 4 heteroatoms. The number of anilines is 1. The van der Waals surface area contributed by atoms with Crippen molar-refractivity contribution < 1.29 is 4.74 Å². The fraction of sp³-hybridized carbons (Fsp3) is 0.480. The first-order valence-corrected chi connectivity index (χ1v) is 10.9. The summed E-state index contributed by atoms with van der Waals surface area (Å²) in [5.74, 6) is 0.797. The van der Waals surface area contributed by atoms with Crippen molar-refractivity contribution in [3.8, 4) is 0 Å². The number of nitrogens with zero attached hydrogens (tertiary/aromatic N) is 3. The fourth-order valence-electron chi connectivity index (χ4n) is 4.48. The number of ether oxygens (including phenoxy) is 1. The quantitative estimate of drug-likeness (QED) is 0.712. The third kappa shape index (κ3) is 4.64. The van der Waals surface area contributed by atoms with Crippen molar-refractivity contribution in [3.63, 3.8) is 0 Å². The minimum Gasteiger partial charge on any atom is -0.475 e. The Kier molecular flexibility index (Phi) is 5.91. The molecule has 1 fully saturated rings. The summed E-state index contributed by atoms with van der Waals surface area (Å²) >= 11 is 0. The van der Waals surface area contributed by atoms with Crippen molar-refractivity contribution in [2.75, 3.05) is 31.1 Å². The summed E-state index contributed by atoms with van der Waals surface area (Å²) in [6, 6.07) is 20.0. The van der Waals surface area contributed by atoms with Crippen LogP contribution in [0.2, 0.25) is 0 Å². The number of likely N-dealkylation sites (tertiary alicyclic amines) is 1. The van der Waals surface area contributed by atoms with Crippen LogP contribution in [0.1, 0.15) is 44.7 Å². The molecule has 0 amide bonds. The van der Waals surface area contributed by atoms with Crippen molar-refractivity contribution in [3.05, 3.63) is 65.7 Å². The summed E-state index contributed by atoms with van der Waals surface area (Å²) in [5.41, 5.74) is 3.66. The Balaban J connectivity index is 1.47. The molecule has 0 bridgehead atoms. The van der Waals surface area contributed by atoms with Gasteiger partial charge in [-0.3, -0.25) is 4.90 Å². The van der Waals surface area contributed by atoms with Gasteiger partial charge in [0.25, 0.3) is 0 Å². The Morgan fingerprint density at radius 2 is 1.72 bits per heavy atom. The molecule has 2 aliphatic heterocycles. The van der Waals surface area contributed by atoms with E-state index in [4.69, 9.17) is 9.73 Å². The van der Waals surface area contributed by atoms with Gasteiger partial charge in [-0.25, -0.2) is 4.99 Å². The highest BCUT2D eigenvalue weighted by molar-refractivity contribution is 6.00. The van der Waals surface area contributed by atoms with Gasteiger partial charge in [-0.2, -0.15) is 0 Å². The molecule has 1 saturated heterocycles. The maximum atomic E-state index is 5.98. The molecule has 154 valence electrons. The van der Waals surface area contributed by atoms with Crippen molar-refractivity contribution in [2.24, 2.45) is 4.99 Å². The van der Waals surface area contributed by atoms with Crippen LogP contribution in [0.15, 0.2) is 59.6 Å². The van der Waals surface area contributed by atoms with E-state index < -0.39 is 0 Å². The van der Waals surface area contributed by atoms with E-state index in [2.05, 4.69) is 85.2 Å². The first-order chi connectivity index (χ1) is 14.1. The fourth-order valence-corrected chi connectivity index (χ4v) is 4.48. The van der Waals surface area contributed by atoms with Crippen LogP contribution in [0.4, 0.5) is 5.69 Å². The van der Waals surface area contributed by atoms with Crippen LogP contribution in [0.3, 0.4) is 0 Å². The van der Waals surface area contributed by atoms with Crippen LogP contribution in [-0.2, 0) is 11.3 Å². The maximum Gasteiger partial charge on any atom is 0.218 e. The second-order valence-corrected chi connectivity index (χ2v) is 8.81. The van der Waals surface area contributed by atoms with Crippen LogP contribution in [0, 0.1) is 0 Å². The Bertz CT molecular complexity index is 838. The van der Waals surface area contributed by atoms with Crippen LogP contribution in [0.5, 0.6) is 0 Å². The summed E-state index contributed by atoms with van der Waals surface area (Å²) in [5, 5.41) is 0. The van der Waals surface area contributed by atoms with E-state index in [1.807, 2.05) is 0 Å². The molecular weight excluding hydrogens is 358 g/mol. The van der Waals surface area contributed by atoms with Gasteiger partial charge in [-0.15, -0.1) is 0 Å². The van der Waals surface area contributed by atoms with Gasteiger partial charge in [0.15, 0.2) is 0 Å². The Labute approximate surface area is 175 Å². The van der Waals surface area contributed by atoms with Gasteiger partial charge in [0, 0.05) is 37.9 Å². The van der Waals surface area contributed by atoms with Gasteiger partial charge in [-0.1, -0.05) is 42.5 Å². The molecule has 0 unspecified atom stereocenters. The molecule has 0 spiro atoms. The number of piperidine rings is 1. The lowest BCUT2D eigenvalue weighted by Crippen LogP contribution is -2.45. The molecule has 0 N–H and O–H groups in total. The van der Waals surface area contributed by atoms with E-state index in [0.29, 0.717) is 12.6 Å². The highest BCUT2D eigenvalue weighted by atomic mass is 16.5. The van der Waals surface area contributed by atoms with Gasteiger partial charge >= 0.3 is 0 Å². The van der Waals surface area contributed by atoms with Crippen molar-refractivity contribution in [2.45, 2.75) is 51.7 Å². The standard InChI is InChI=1S/C25H33N3O/c1-4-28(21-14-16-27(17-15-21)18-20-10-6-5-7-11-20)23-13-9-8-12-22(23)24-26-25(2,3)19-29-24/h5-13,21H,4,14-19H2,1-3H3. The monoisotopic (exact) mass is 391 g/mol. The second-order valence-electron chi connectivity index (χ2n) is 8.81. The smallest absolute Gasteiger partial charge is 0.218 e. The van der Waals surface area contributed by atoms with Crippen LogP contribution in [0.25, 0.3) is 0 Å². The van der Waals surface area contributed by atoms with E-state index in [1.54, 1.807) is 0 Å². The zero-order valence-corrected chi connectivity index (χ0v) is 18.0. The molecule has 2 heterocycles. The van der Waals surface area contributed by atoms with E-state index in [1.165, 1.54) is 24.1 Å². The van der Waals surface area contributed by atoms with E-state index >= 15 is 0 Å². The lowest BCUT2D eigenvalue weighted by Gasteiger charge is -2.40. The number of rotatable bonds is 6. The third-order valence-corrected chi connectivity index (χ3v) is 6.00. The normalized spacial score (nSPS) is 19.6. The predicted molar refractivity (Wildman–Crippen MR) is 121 cm³/mol. The first-order valence-electron chi connectivity index (χ1n) is 10.9. The van der Waals surface area contributed by atoms with Gasteiger partial charge in [0.05, 0.1) is 11.1 Å². The van der Waals surface area contributed by atoms with E-state index in [0.717, 1.165) is 37.6 Å². The molecule has 0 aliphatic carbocycles. The minimum absolute atomic E-state index is 0.137. The average Bonchev–Trinajstić information content (AvgIpc) is 3.10. The van der Waals surface area contributed by atoms with E-state index in [-0.39, 0.29) is 5.54 Å². The van der Waals surface area contributed by atoms with Crippen LogP contribution < -0.4 is 4.90 Å². The number of aliphatic imine (C=N–C) groups is 1. The molecule has 4 nitrogen and oxygen atoms in total. The van der Waals surface area contributed by atoms with Crippen molar-refractivity contribution in [1.29, 1.82) is 0 Å². The third-order valence-electron chi connectivity index (χ3n) is 6.00. The zero-order chi connectivity index (χ0) is 20.3.